The van der Waals surface area contributed by atoms with E-state index >= 15 is 0 Å². The van der Waals surface area contributed by atoms with E-state index in [0.29, 0.717) is 19.3 Å². The Balaban J connectivity index is 4.42. The topological polar surface area (TPSA) is 78.9 Å². The van der Waals surface area contributed by atoms with Crippen LogP contribution in [0.15, 0.2) is 158 Å². The first-order valence-electron chi connectivity index (χ1n) is 34.0. The van der Waals surface area contributed by atoms with Crippen molar-refractivity contribution in [3.05, 3.63) is 158 Å². The second-order valence-electron chi connectivity index (χ2n) is 21.9. The predicted octanol–water partition coefficient (Wildman–Crippen LogP) is 23.7. The quantitative estimate of drug-likeness (QED) is 0.0261. The highest BCUT2D eigenvalue weighted by atomic mass is 16.6. The third-order valence-electron chi connectivity index (χ3n) is 14.0. The summed E-state index contributed by atoms with van der Waals surface area (Å²) in [6.45, 7) is 6.28. The van der Waals surface area contributed by atoms with E-state index in [1.807, 2.05) is 0 Å². The van der Waals surface area contributed by atoms with Crippen LogP contribution in [0.3, 0.4) is 0 Å². The van der Waals surface area contributed by atoms with Gasteiger partial charge in [0.1, 0.15) is 13.2 Å². The van der Waals surface area contributed by atoms with Crippen LogP contribution in [0.5, 0.6) is 0 Å². The highest BCUT2D eigenvalue weighted by molar-refractivity contribution is 5.71. The van der Waals surface area contributed by atoms with Gasteiger partial charge in [0.25, 0.3) is 0 Å². The number of carbonyl (C=O) groups excluding carboxylic acids is 3. The fourth-order valence-electron chi connectivity index (χ4n) is 9.04. The summed E-state index contributed by atoms with van der Waals surface area (Å²) >= 11 is 0. The lowest BCUT2D eigenvalue weighted by molar-refractivity contribution is -0.167. The van der Waals surface area contributed by atoms with Gasteiger partial charge in [0, 0.05) is 19.3 Å². The average Bonchev–Trinajstić information content (AvgIpc) is 3.49. The lowest BCUT2D eigenvalue weighted by atomic mass is 10.0. The number of unbranched alkanes of at least 4 members (excludes halogenated alkanes) is 23. The van der Waals surface area contributed by atoms with E-state index < -0.39 is 6.10 Å². The summed E-state index contributed by atoms with van der Waals surface area (Å²) < 4.78 is 16.9. The average molecular weight is 1150 g/mol. The Morgan fingerprint density at radius 2 is 0.434 bits per heavy atom. The second-order valence-corrected chi connectivity index (χ2v) is 21.9. The van der Waals surface area contributed by atoms with E-state index in [1.165, 1.54) is 77.0 Å². The molecule has 0 rings (SSSR count). The fourth-order valence-corrected chi connectivity index (χ4v) is 9.04. The van der Waals surface area contributed by atoms with Gasteiger partial charge in [-0.3, -0.25) is 14.4 Å². The molecule has 0 aliphatic heterocycles. The summed E-state index contributed by atoms with van der Waals surface area (Å²) in [6.07, 6.45) is 101. The minimum absolute atomic E-state index is 0.0977. The summed E-state index contributed by atoms with van der Waals surface area (Å²) in [5, 5.41) is 0. The maximum atomic E-state index is 13.0. The molecule has 0 N–H and O–H groups in total. The van der Waals surface area contributed by atoms with E-state index in [4.69, 9.17) is 14.2 Å². The van der Waals surface area contributed by atoms with Crippen LogP contribution in [-0.2, 0) is 28.6 Å². The van der Waals surface area contributed by atoms with Crippen molar-refractivity contribution < 1.29 is 28.6 Å². The molecule has 6 nitrogen and oxygen atoms in total. The second kappa shape index (κ2) is 69.5. The van der Waals surface area contributed by atoms with Crippen molar-refractivity contribution >= 4 is 17.9 Å². The van der Waals surface area contributed by atoms with Crippen molar-refractivity contribution in [1.29, 1.82) is 0 Å². The SMILES string of the molecule is CC/C=C\C/C=C\C/C=C\C/C=C\C/C=C\C/C=C\CCCCCCCCC(=O)OCC(COC(=O)CCCCCCC/C=C\C/C=C\C/C=C\CC)OC(=O)CCCCCCCCCCCCCC/C=C\C/C=C\C/C=C\C/C=C\CC. The van der Waals surface area contributed by atoms with Crippen LogP contribution in [0, 0.1) is 0 Å². The summed E-state index contributed by atoms with van der Waals surface area (Å²) in [4.78, 5) is 38.4. The summed E-state index contributed by atoms with van der Waals surface area (Å²) in [6, 6.07) is 0. The molecule has 0 spiro atoms. The molecule has 0 aromatic carbocycles. The number of hydrogen-bond donors (Lipinski definition) is 0. The molecule has 0 bridgehead atoms. The Kier molecular flexibility index (Phi) is 65.4. The minimum atomic E-state index is -0.802. The zero-order valence-electron chi connectivity index (χ0n) is 53.7. The summed E-state index contributed by atoms with van der Waals surface area (Å²) in [5.41, 5.74) is 0. The zero-order valence-corrected chi connectivity index (χ0v) is 53.7. The van der Waals surface area contributed by atoms with Crippen LogP contribution < -0.4 is 0 Å². The molecule has 0 aliphatic carbocycles. The lowest BCUT2D eigenvalue weighted by Gasteiger charge is -2.18. The van der Waals surface area contributed by atoms with Crippen LogP contribution in [-0.4, -0.2) is 37.2 Å². The molecule has 468 valence electrons. The molecule has 0 saturated heterocycles. The van der Waals surface area contributed by atoms with Crippen LogP contribution in [0.4, 0.5) is 0 Å². The predicted molar refractivity (Wildman–Crippen MR) is 362 cm³/mol. The number of allylic oxidation sites excluding steroid dienone is 26. The van der Waals surface area contributed by atoms with Gasteiger partial charge >= 0.3 is 17.9 Å². The molecule has 83 heavy (non-hydrogen) atoms. The smallest absolute Gasteiger partial charge is 0.306 e. The monoisotopic (exact) mass is 1140 g/mol. The third kappa shape index (κ3) is 67.7. The van der Waals surface area contributed by atoms with Gasteiger partial charge in [-0.2, -0.15) is 0 Å². The van der Waals surface area contributed by atoms with E-state index in [0.717, 1.165) is 173 Å². The molecule has 0 aliphatic rings. The maximum Gasteiger partial charge on any atom is 0.306 e. The van der Waals surface area contributed by atoms with E-state index in [1.54, 1.807) is 0 Å². The molecule has 0 saturated carbocycles. The molecular weight excluding hydrogens is 1020 g/mol. The number of hydrogen-bond acceptors (Lipinski definition) is 6. The number of ether oxygens (including phenoxy) is 3. The van der Waals surface area contributed by atoms with Gasteiger partial charge in [0.15, 0.2) is 6.10 Å². The van der Waals surface area contributed by atoms with Crippen LogP contribution in [0.2, 0.25) is 0 Å². The highest BCUT2D eigenvalue weighted by Gasteiger charge is 2.19. The van der Waals surface area contributed by atoms with Gasteiger partial charge in [-0.1, -0.05) is 288 Å². The van der Waals surface area contributed by atoms with Gasteiger partial charge in [-0.15, -0.1) is 0 Å². The molecule has 0 aromatic heterocycles. The molecule has 1 unspecified atom stereocenters. The largest absolute Gasteiger partial charge is 0.462 e. The van der Waals surface area contributed by atoms with Gasteiger partial charge in [0.05, 0.1) is 0 Å². The van der Waals surface area contributed by atoms with Crippen molar-refractivity contribution in [2.45, 2.75) is 297 Å². The fraction of sp³-hybridized carbons (Fsp3) is 0.623. The summed E-state index contributed by atoms with van der Waals surface area (Å²) in [5.74, 6) is -0.928. The number of carbonyl (C=O) groups is 3. The molecular formula is C77H124O6. The summed E-state index contributed by atoms with van der Waals surface area (Å²) in [7, 11) is 0. The molecule has 0 aromatic rings. The first-order chi connectivity index (χ1) is 41.0. The minimum Gasteiger partial charge on any atom is -0.462 e. The number of esters is 3. The Hall–Kier alpha value is -4.97. The Morgan fingerprint density at radius 3 is 0.675 bits per heavy atom. The van der Waals surface area contributed by atoms with Crippen molar-refractivity contribution in [3.8, 4) is 0 Å². The molecule has 0 radical (unpaired) electrons. The molecule has 0 heterocycles. The number of rotatable bonds is 60. The molecule has 1 atom stereocenters. The first-order valence-corrected chi connectivity index (χ1v) is 34.0. The third-order valence-corrected chi connectivity index (χ3v) is 14.0. The van der Waals surface area contributed by atoms with Crippen molar-refractivity contribution in [1.82, 2.24) is 0 Å². The first kappa shape index (κ1) is 78.0. The van der Waals surface area contributed by atoms with Crippen molar-refractivity contribution in [2.75, 3.05) is 13.2 Å². The highest BCUT2D eigenvalue weighted by Crippen LogP contribution is 2.16. The lowest BCUT2D eigenvalue weighted by Crippen LogP contribution is -2.30. The Bertz CT molecular complexity index is 1840. The van der Waals surface area contributed by atoms with Crippen LogP contribution >= 0.6 is 0 Å². The van der Waals surface area contributed by atoms with Gasteiger partial charge < -0.3 is 14.2 Å². The molecule has 6 heteroatoms. The standard InChI is InChI=1S/C77H124O6/c1-4-7-10-13-16-19-22-25-28-30-32-34-36-38-40-42-44-46-49-52-55-58-61-64-67-70-76(79)82-73-74(72-81-75(78)69-66-63-60-57-54-51-48-27-24-21-18-15-12-9-6-3)83-77(80)71-68-65-62-59-56-53-50-47-45-43-41-39-37-35-33-31-29-26-23-20-17-14-11-8-5-2/h7-12,16-21,25-29,32-35,38,40,44,46,48,74H,4-6,13-15,22-24,30-31,36-37,39,41-43,45,47,49-73H2,1-3H3/b10-7-,11-8-,12-9-,19-16-,20-17-,21-18-,28-25-,29-26-,34-32-,35-33-,40-38-,46-44-,48-27-. The van der Waals surface area contributed by atoms with Crippen molar-refractivity contribution in [3.63, 3.8) is 0 Å². The maximum absolute atomic E-state index is 13.0. The van der Waals surface area contributed by atoms with Crippen LogP contribution in [0.1, 0.15) is 290 Å². The van der Waals surface area contributed by atoms with Gasteiger partial charge in [-0.25, -0.2) is 0 Å². The van der Waals surface area contributed by atoms with Gasteiger partial charge in [0.2, 0.25) is 0 Å². The Labute approximate surface area is 511 Å². The van der Waals surface area contributed by atoms with Gasteiger partial charge in [-0.05, 0) is 141 Å². The Morgan fingerprint density at radius 1 is 0.241 bits per heavy atom. The zero-order chi connectivity index (χ0) is 59.9. The van der Waals surface area contributed by atoms with E-state index in [-0.39, 0.29) is 31.1 Å². The van der Waals surface area contributed by atoms with Crippen LogP contribution in [0.25, 0.3) is 0 Å². The molecule has 0 amide bonds. The van der Waals surface area contributed by atoms with E-state index in [9.17, 15) is 14.4 Å². The molecule has 0 fully saturated rings. The van der Waals surface area contributed by atoms with E-state index in [2.05, 4.69) is 179 Å². The normalized spacial score (nSPS) is 13.1. The van der Waals surface area contributed by atoms with Crippen molar-refractivity contribution in [2.24, 2.45) is 0 Å².